The van der Waals surface area contributed by atoms with Gasteiger partial charge in [-0.15, -0.1) is 0 Å². The Bertz CT molecular complexity index is 571. The van der Waals surface area contributed by atoms with Gasteiger partial charge in [0.1, 0.15) is 11.9 Å². The highest BCUT2D eigenvalue weighted by atomic mass is 32.1. The van der Waals surface area contributed by atoms with Crippen LogP contribution in [0.4, 0.5) is 5.82 Å². The van der Waals surface area contributed by atoms with E-state index in [0.717, 1.165) is 37.8 Å². The molecule has 5 heteroatoms. The van der Waals surface area contributed by atoms with E-state index in [9.17, 15) is 0 Å². The maximum Gasteiger partial charge on any atom is 0.128 e. The molecule has 2 aromatic rings. The van der Waals surface area contributed by atoms with Crippen molar-refractivity contribution in [2.45, 2.75) is 12.6 Å². The average Bonchev–Trinajstić information content (AvgIpc) is 3.00. The molecule has 3 heterocycles. The Morgan fingerprint density at radius 3 is 3.05 bits per heavy atom. The molecule has 1 aliphatic rings. The molecule has 0 unspecified atom stereocenters. The summed E-state index contributed by atoms with van der Waals surface area (Å²) in [6, 6.07) is 8.33. The minimum atomic E-state index is 0.0669. The fourth-order valence-electron chi connectivity index (χ4n) is 2.53. The first-order valence-electron chi connectivity index (χ1n) is 7.21. The molecule has 0 amide bonds. The molecule has 3 rings (SSSR count). The molecule has 4 nitrogen and oxygen atoms in total. The van der Waals surface area contributed by atoms with E-state index in [-0.39, 0.29) is 6.10 Å². The van der Waals surface area contributed by atoms with Crippen LogP contribution in [0.3, 0.4) is 0 Å². The van der Waals surface area contributed by atoms with E-state index in [2.05, 4.69) is 33.9 Å². The molecule has 1 saturated heterocycles. The Morgan fingerprint density at radius 2 is 2.29 bits per heavy atom. The van der Waals surface area contributed by atoms with E-state index in [1.807, 2.05) is 25.1 Å². The standard InChI is InChI=1S/C16H21N3OS/c1-18(2)16-5-3-4-14(17-16)15-11-19(7-8-20-15)10-13-6-9-21-12-13/h3-6,9,12,15H,7-8,10-11H2,1-2H3/t15-/m0/s1. The molecule has 1 fully saturated rings. The Balaban J connectivity index is 1.69. The van der Waals surface area contributed by atoms with E-state index in [4.69, 9.17) is 9.72 Å². The highest BCUT2D eigenvalue weighted by Gasteiger charge is 2.23. The number of thiophene rings is 1. The first-order chi connectivity index (χ1) is 10.2. The smallest absolute Gasteiger partial charge is 0.128 e. The third-order valence-corrected chi connectivity index (χ3v) is 4.41. The molecule has 21 heavy (non-hydrogen) atoms. The van der Waals surface area contributed by atoms with Crippen molar-refractivity contribution < 1.29 is 4.74 Å². The van der Waals surface area contributed by atoms with Crippen molar-refractivity contribution in [3.05, 3.63) is 46.3 Å². The fraction of sp³-hybridized carbons (Fsp3) is 0.438. The number of rotatable bonds is 4. The molecule has 0 aliphatic carbocycles. The van der Waals surface area contributed by atoms with Crippen LogP contribution in [0.1, 0.15) is 17.4 Å². The number of anilines is 1. The van der Waals surface area contributed by atoms with E-state index in [1.165, 1.54) is 5.56 Å². The van der Waals surface area contributed by atoms with E-state index in [0.29, 0.717) is 0 Å². The number of hydrogen-bond acceptors (Lipinski definition) is 5. The number of hydrogen-bond donors (Lipinski definition) is 0. The second-order valence-electron chi connectivity index (χ2n) is 5.54. The van der Waals surface area contributed by atoms with Crippen molar-refractivity contribution >= 4 is 17.2 Å². The van der Waals surface area contributed by atoms with Crippen LogP contribution < -0.4 is 4.90 Å². The van der Waals surface area contributed by atoms with Crippen LogP contribution in [-0.4, -0.2) is 43.7 Å². The number of pyridine rings is 1. The zero-order valence-corrected chi connectivity index (χ0v) is 13.3. The first kappa shape index (κ1) is 14.5. The predicted octanol–water partition coefficient (Wildman–Crippen LogP) is 2.78. The van der Waals surface area contributed by atoms with Crippen LogP contribution in [-0.2, 0) is 11.3 Å². The van der Waals surface area contributed by atoms with Gasteiger partial charge in [0.15, 0.2) is 0 Å². The van der Waals surface area contributed by atoms with Crippen molar-refractivity contribution in [3.8, 4) is 0 Å². The second-order valence-corrected chi connectivity index (χ2v) is 6.32. The number of nitrogens with zero attached hydrogens (tertiary/aromatic N) is 3. The normalized spacial score (nSPS) is 19.6. The number of ether oxygens (including phenoxy) is 1. The molecule has 1 atom stereocenters. The Morgan fingerprint density at radius 1 is 1.38 bits per heavy atom. The van der Waals surface area contributed by atoms with Gasteiger partial charge in [-0.1, -0.05) is 6.07 Å². The molecule has 2 aromatic heterocycles. The summed E-state index contributed by atoms with van der Waals surface area (Å²) < 4.78 is 5.93. The van der Waals surface area contributed by atoms with Gasteiger partial charge >= 0.3 is 0 Å². The lowest BCUT2D eigenvalue weighted by molar-refractivity contribution is -0.0349. The van der Waals surface area contributed by atoms with Gasteiger partial charge in [0.25, 0.3) is 0 Å². The third-order valence-electron chi connectivity index (χ3n) is 3.68. The second kappa shape index (κ2) is 6.56. The summed E-state index contributed by atoms with van der Waals surface area (Å²) in [5, 5.41) is 4.35. The molecule has 0 spiro atoms. The van der Waals surface area contributed by atoms with Gasteiger partial charge in [0.05, 0.1) is 12.3 Å². The first-order valence-corrected chi connectivity index (χ1v) is 8.16. The lowest BCUT2D eigenvalue weighted by atomic mass is 10.1. The lowest BCUT2D eigenvalue weighted by Crippen LogP contribution is -2.38. The molecule has 0 N–H and O–H groups in total. The van der Waals surface area contributed by atoms with Gasteiger partial charge in [-0.2, -0.15) is 11.3 Å². The monoisotopic (exact) mass is 303 g/mol. The summed E-state index contributed by atoms with van der Waals surface area (Å²) >= 11 is 1.75. The van der Waals surface area contributed by atoms with Crippen molar-refractivity contribution in [3.63, 3.8) is 0 Å². The molecule has 0 radical (unpaired) electrons. The number of morpholine rings is 1. The summed E-state index contributed by atoms with van der Waals surface area (Å²) in [5.41, 5.74) is 2.41. The van der Waals surface area contributed by atoms with Crippen LogP contribution in [0, 0.1) is 0 Å². The van der Waals surface area contributed by atoms with Crippen LogP contribution in [0.2, 0.25) is 0 Å². The zero-order valence-electron chi connectivity index (χ0n) is 12.5. The van der Waals surface area contributed by atoms with Gasteiger partial charge in [0.2, 0.25) is 0 Å². The molecule has 112 valence electrons. The van der Waals surface area contributed by atoms with Gasteiger partial charge in [0, 0.05) is 33.7 Å². The molecule has 0 bridgehead atoms. The van der Waals surface area contributed by atoms with Crippen LogP contribution in [0.5, 0.6) is 0 Å². The number of aromatic nitrogens is 1. The third kappa shape index (κ3) is 3.61. The highest BCUT2D eigenvalue weighted by Crippen LogP contribution is 2.23. The highest BCUT2D eigenvalue weighted by molar-refractivity contribution is 7.07. The average molecular weight is 303 g/mol. The summed E-state index contributed by atoms with van der Waals surface area (Å²) in [6.45, 7) is 3.65. The zero-order chi connectivity index (χ0) is 14.7. The van der Waals surface area contributed by atoms with Crippen LogP contribution >= 0.6 is 11.3 Å². The predicted molar refractivity (Wildman–Crippen MR) is 86.9 cm³/mol. The van der Waals surface area contributed by atoms with Gasteiger partial charge in [-0.25, -0.2) is 4.98 Å². The van der Waals surface area contributed by atoms with Crippen molar-refractivity contribution in [2.75, 3.05) is 38.7 Å². The minimum absolute atomic E-state index is 0.0669. The minimum Gasteiger partial charge on any atom is -0.369 e. The summed E-state index contributed by atoms with van der Waals surface area (Å²) in [7, 11) is 4.02. The van der Waals surface area contributed by atoms with Crippen molar-refractivity contribution in [1.29, 1.82) is 0 Å². The van der Waals surface area contributed by atoms with Crippen LogP contribution in [0.15, 0.2) is 35.0 Å². The molecule has 1 aliphatic heterocycles. The van der Waals surface area contributed by atoms with Crippen molar-refractivity contribution in [2.24, 2.45) is 0 Å². The molecule has 0 saturated carbocycles. The largest absolute Gasteiger partial charge is 0.369 e. The fourth-order valence-corrected chi connectivity index (χ4v) is 3.19. The Kier molecular flexibility index (Phi) is 4.53. The Labute approximate surface area is 130 Å². The summed E-state index contributed by atoms with van der Waals surface area (Å²) in [6.07, 6.45) is 0.0669. The SMILES string of the molecule is CN(C)c1cccc([C@@H]2CN(Cc3ccsc3)CCO2)n1. The van der Waals surface area contributed by atoms with Gasteiger partial charge in [-0.05, 0) is 34.5 Å². The quantitative estimate of drug-likeness (QED) is 0.868. The van der Waals surface area contributed by atoms with Crippen molar-refractivity contribution in [1.82, 2.24) is 9.88 Å². The maximum absolute atomic E-state index is 5.93. The summed E-state index contributed by atoms with van der Waals surface area (Å²) in [5.74, 6) is 0.978. The van der Waals surface area contributed by atoms with Gasteiger partial charge < -0.3 is 9.64 Å². The summed E-state index contributed by atoms with van der Waals surface area (Å²) in [4.78, 5) is 9.17. The van der Waals surface area contributed by atoms with E-state index >= 15 is 0 Å². The molecular formula is C16H21N3OS. The van der Waals surface area contributed by atoms with Crippen LogP contribution in [0.25, 0.3) is 0 Å². The Hall–Kier alpha value is -1.43. The molecule has 0 aromatic carbocycles. The van der Waals surface area contributed by atoms with E-state index < -0.39 is 0 Å². The maximum atomic E-state index is 5.93. The molecular weight excluding hydrogens is 282 g/mol. The van der Waals surface area contributed by atoms with E-state index in [1.54, 1.807) is 11.3 Å². The van der Waals surface area contributed by atoms with Gasteiger partial charge in [-0.3, -0.25) is 4.90 Å². The topological polar surface area (TPSA) is 28.6 Å². The lowest BCUT2D eigenvalue weighted by Gasteiger charge is -2.32.